The highest BCUT2D eigenvalue weighted by molar-refractivity contribution is 14.1. The van der Waals surface area contributed by atoms with Gasteiger partial charge in [-0.1, -0.05) is 87.2 Å². The topological polar surface area (TPSA) is 0 Å². The molecule has 0 atom stereocenters. The molecule has 2 aromatic rings. The summed E-state index contributed by atoms with van der Waals surface area (Å²) in [6.07, 6.45) is 11.8. The number of hydrogen-bond acceptors (Lipinski definition) is 0. The molecule has 2 aromatic carbocycles. The van der Waals surface area contributed by atoms with Gasteiger partial charge in [0.1, 0.15) is 0 Å². The first-order valence-electron chi connectivity index (χ1n) is 9.62. The van der Waals surface area contributed by atoms with Crippen molar-refractivity contribution < 1.29 is 0 Å². The summed E-state index contributed by atoms with van der Waals surface area (Å²) in [5, 5.41) is 2.80. The van der Waals surface area contributed by atoms with Crippen LogP contribution < -0.4 is 10.4 Å². The quantitative estimate of drug-likeness (QED) is 0.474. The van der Waals surface area contributed by atoms with E-state index in [4.69, 9.17) is 0 Å². The van der Waals surface area contributed by atoms with Crippen LogP contribution in [0.1, 0.15) is 43.4 Å². The van der Waals surface area contributed by atoms with Crippen LogP contribution in [0.5, 0.6) is 0 Å². The first-order valence-corrected chi connectivity index (χ1v) is 10.7. The van der Waals surface area contributed by atoms with Gasteiger partial charge in [0, 0.05) is 5.41 Å². The standard InChI is InChI=1S/C26H25I/c1-18-9-5-4-6-10-19-13-14-20(17-24(19)26(18,2)3)21-15-16-25(27)23-12-8-7-11-22(21)23/h4-9,11-14,17H,1,10,15-16H2,2-3H3/b6-4-,9-5-. The molecule has 0 aliphatic heterocycles. The number of fused-ring (bicyclic) bond motifs is 2. The molecule has 0 spiro atoms. The average molecular weight is 464 g/mol. The lowest BCUT2D eigenvalue weighted by atomic mass is 9.74. The molecule has 0 saturated carbocycles. The summed E-state index contributed by atoms with van der Waals surface area (Å²) in [4.78, 5) is 0. The molecule has 27 heavy (non-hydrogen) atoms. The molecule has 0 N–H and O–H groups in total. The maximum atomic E-state index is 4.37. The first-order chi connectivity index (χ1) is 13.0. The van der Waals surface area contributed by atoms with Crippen LogP contribution in [-0.4, -0.2) is 0 Å². The molecule has 0 saturated heterocycles. The minimum atomic E-state index is -0.0802. The molecule has 2 aliphatic rings. The van der Waals surface area contributed by atoms with Crippen molar-refractivity contribution in [3.05, 3.63) is 106 Å². The van der Waals surface area contributed by atoms with Crippen LogP contribution in [0.4, 0.5) is 0 Å². The Kier molecular flexibility index (Phi) is 4.98. The van der Waals surface area contributed by atoms with Crippen molar-refractivity contribution in [1.82, 2.24) is 0 Å². The van der Waals surface area contributed by atoms with Gasteiger partial charge in [-0.3, -0.25) is 0 Å². The molecule has 0 unspecified atom stereocenters. The smallest absolute Gasteiger partial charge is 0.0143 e. The second-order valence-corrected chi connectivity index (χ2v) is 9.24. The lowest BCUT2D eigenvalue weighted by Crippen LogP contribution is -2.31. The van der Waals surface area contributed by atoms with Crippen LogP contribution >= 0.6 is 22.6 Å². The van der Waals surface area contributed by atoms with E-state index >= 15 is 0 Å². The summed E-state index contributed by atoms with van der Waals surface area (Å²) in [5.41, 5.74) is 6.71. The van der Waals surface area contributed by atoms with E-state index in [1.54, 1.807) is 0 Å². The van der Waals surface area contributed by atoms with Gasteiger partial charge in [-0.2, -0.15) is 0 Å². The summed E-state index contributed by atoms with van der Waals surface area (Å²) in [6.45, 7) is 8.96. The zero-order valence-electron chi connectivity index (χ0n) is 16.1. The zero-order valence-corrected chi connectivity index (χ0v) is 18.2. The van der Waals surface area contributed by atoms with Crippen LogP contribution in [0.2, 0.25) is 0 Å². The lowest BCUT2D eigenvalue weighted by molar-refractivity contribution is 0.635. The average Bonchev–Trinajstić information content (AvgIpc) is 2.72. The van der Waals surface area contributed by atoms with Crippen LogP contribution in [0, 0.1) is 0 Å². The van der Waals surface area contributed by atoms with Gasteiger partial charge >= 0.3 is 0 Å². The summed E-state index contributed by atoms with van der Waals surface area (Å²) >= 11 is 2.51. The third kappa shape index (κ3) is 3.38. The van der Waals surface area contributed by atoms with Gasteiger partial charge in [0.05, 0.1) is 0 Å². The maximum absolute atomic E-state index is 4.37. The second kappa shape index (κ2) is 7.27. The van der Waals surface area contributed by atoms with E-state index in [2.05, 4.69) is 110 Å². The van der Waals surface area contributed by atoms with Gasteiger partial charge in [-0.05, 0) is 83.7 Å². The summed E-state index contributed by atoms with van der Waals surface area (Å²) in [7, 11) is 0. The molecule has 0 nitrogen and oxygen atoms in total. The highest BCUT2D eigenvalue weighted by atomic mass is 127. The van der Waals surface area contributed by atoms with Gasteiger partial charge in [0.2, 0.25) is 0 Å². The van der Waals surface area contributed by atoms with Crippen molar-refractivity contribution in [2.75, 3.05) is 0 Å². The SMILES string of the molecule is C=C1/C=C\C=C/Cc2ccc(C3=c4ccccc4=C(I)CC3)cc2C1(C)C. The molecule has 0 radical (unpaired) electrons. The fourth-order valence-corrected chi connectivity index (χ4v) is 4.88. The Hall–Kier alpha value is -1.87. The molecule has 4 rings (SSSR count). The zero-order chi connectivity index (χ0) is 19.0. The van der Waals surface area contributed by atoms with E-state index in [0.29, 0.717) is 0 Å². The highest BCUT2D eigenvalue weighted by Gasteiger charge is 2.26. The Morgan fingerprint density at radius 2 is 1.74 bits per heavy atom. The Morgan fingerprint density at radius 3 is 2.56 bits per heavy atom. The third-order valence-electron chi connectivity index (χ3n) is 5.96. The summed E-state index contributed by atoms with van der Waals surface area (Å²) in [6, 6.07) is 15.9. The highest BCUT2D eigenvalue weighted by Crippen LogP contribution is 2.37. The molecule has 0 bridgehead atoms. The van der Waals surface area contributed by atoms with Crippen molar-refractivity contribution in [2.24, 2.45) is 0 Å². The van der Waals surface area contributed by atoms with Crippen LogP contribution in [0.25, 0.3) is 9.15 Å². The molecular formula is C26H25I. The number of hydrogen-bond donors (Lipinski definition) is 0. The molecule has 136 valence electrons. The molecule has 0 heterocycles. The fraction of sp³-hybridized carbons (Fsp3) is 0.231. The molecule has 2 aliphatic carbocycles. The van der Waals surface area contributed by atoms with Crippen molar-refractivity contribution >= 4 is 31.7 Å². The Balaban J connectivity index is 1.96. The number of allylic oxidation sites excluding steroid dienone is 5. The molecule has 0 aromatic heterocycles. The number of rotatable bonds is 1. The maximum Gasteiger partial charge on any atom is 0.0143 e. The minimum absolute atomic E-state index is 0.0802. The van der Waals surface area contributed by atoms with Crippen molar-refractivity contribution in [3.63, 3.8) is 0 Å². The predicted molar refractivity (Wildman–Crippen MR) is 125 cm³/mol. The van der Waals surface area contributed by atoms with Gasteiger partial charge in [0.15, 0.2) is 0 Å². The van der Waals surface area contributed by atoms with Crippen molar-refractivity contribution in [2.45, 2.75) is 38.5 Å². The van der Waals surface area contributed by atoms with Gasteiger partial charge in [-0.15, -0.1) is 0 Å². The first kappa shape index (κ1) is 18.5. The minimum Gasteiger partial charge on any atom is -0.0949 e. The molecule has 0 fully saturated rings. The van der Waals surface area contributed by atoms with Crippen LogP contribution in [0.15, 0.2) is 78.9 Å². The van der Waals surface area contributed by atoms with Crippen LogP contribution in [0.3, 0.4) is 0 Å². The van der Waals surface area contributed by atoms with Crippen molar-refractivity contribution in [1.29, 1.82) is 0 Å². The Labute approximate surface area is 175 Å². The molecule has 0 amide bonds. The van der Waals surface area contributed by atoms with Crippen LogP contribution in [-0.2, 0) is 11.8 Å². The monoisotopic (exact) mass is 464 g/mol. The Bertz CT molecular complexity index is 1090. The largest absolute Gasteiger partial charge is 0.0949 e. The predicted octanol–water partition coefficient (Wildman–Crippen LogP) is 5.72. The number of benzene rings is 2. The third-order valence-corrected chi connectivity index (χ3v) is 7.08. The van der Waals surface area contributed by atoms with Gasteiger partial charge in [0.25, 0.3) is 0 Å². The summed E-state index contributed by atoms with van der Waals surface area (Å²) in [5.74, 6) is 0. The fourth-order valence-electron chi connectivity index (χ4n) is 4.14. The van der Waals surface area contributed by atoms with Gasteiger partial charge in [-0.25, -0.2) is 0 Å². The summed E-state index contributed by atoms with van der Waals surface area (Å²) < 4.78 is 1.47. The van der Waals surface area contributed by atoms with E-state index in [0.717, 1.165) is 24.8 Å². The van der Waals surface area contributed by atoms with E-state index < -0.39 is 0 Å². The number of halogens is 1. The normalized spacial score (nSPS) is 20.8. The lowest BCUT2D eigenvalue weighted by Gasteiger charge is -2.29. The Morgan fingerprint density at radius 1 is 0.963 bits per heavy atom. The van der Waals surface area contributed by atoms with Crippen molar-refractivity contribution in [3.8, 4) is 0 Å². The van der Waals surface area contributed by atoms with Gasteiger partial charge < -0.3 is 0 Å². The van der Waals surface area contributed by atoms with E-state index in [-0.39, 0.29) is 5.41 Å². The second-order valence-electron chi connectivity index (χ2n) is 7.94. The molecular weight excluding hydrogens is 439 g/mol. The van der Waals surface area contributed by atoms with E-state index in [1.165, 1.54) is 36.3 Å². The molecule has 1 heteroatoms. The van der Waals surface area contributed by atoms with E-state index in [1.807, 2.05) is 0 Å². The van der Waals surface area contributed by atoms with E-state index in [9.17, 15) is 0 Å².